The summed E-state index contributed by atoms with van der Waals surface area (Å²) in [5, 5.41) is 8.88. The average molecular weight is 407 g/mol. The Kier molecular flexibility index (Phi) is 6.47. The zero-order valence-corrected chi connectivity index (χ0v) is 15.1. The third kappa shape index (κ3) is 5.09. The van der Waals surface area contributed by atoms with Gasteiger partial charge < -0.3 is 9.80 Å². The van der Waals surface area contributed by atoms with Crippen molar-refractivity contribution in [1.29, 1.82) is 5.26 Å². The molecule has 1 amide bonds. The largest absolute Gasteiger partial charge is 0.417 e. The van der Waals surface area contributed by atoms with Crippen molar-refractivity contribution in [2.24, 2.45) is 0 Å². The molecule has 1 saturated heterocycles. The van der Waals surface area contributed by atoms with E-state index >= 15 is 0 Å². The molecule has 1 aromatic rings. The van der Waals surface area contributed by atoms with Crippen LogP contribution in [0.3, 0.4) is 0 Å². The minimum absolute atomic E-state index is 0.00718. The van der Waals surface area contributed by atoms with Gasteiger partial charge in [-0.25, -0.2) is 0 Å². The summed E-state index contributed by atoms with van der Waals surface area (Å²) in [4.78, 5) is 14.8. The Hall–Kier alpha value is -2.44. The Balaban J connectivity index is 2.50. The zero-order chi connectivity index (χ0) is 21.1. The molecular weight excluding hydrogens is 388 g/mol. The maximum Gasteiger partial charge on any atom is 0.417 e. The van der Waals surface area contributed by atoms with Crippen molar-refractivity contribution in [2.75, 3.05) is 24.5 Å². The maximum atomic E-state index is 13.2. The van der Waals surface area contributed by atoms with E-state index in [0.29, 0.717) is 24.1 Å². The highest BCUT2D eigenvalue weighted by Gasteiger charge is 2.40. The van der Waals surface area contributed by atoms with Crippen molar-refractivity contribution in [3.63, 3.8) is 0 Å². The topological polar surface area (TPSA) is 47.3 Å². The Morgan fingerprint density at radius 3 is 2.29 bits per heavy atom. The molecule has 154 valence electrons. The van der Waals surface area contributed by atoms with Crippen molar-refractivity contribution in [2.45, 2.75) is 44.6 Å². The quantitative estimate of drug-likeness (QED) is 0.682. The number of anilines is 1. The van der Waals surface area contributed by atoms with Crippen molar-refractivity contribution in [3.05, 3.63) is 29.3 Å². The van der Waals surface area contributed by atoms with E-state index in [1.165, 1.54) is 17.9 Å². The third-order valence-corrected chi connectivity index (χ3v) is 4.58. The number of amides is 1. The van der Waals surface area contributed by atoms with Crippen LogP contribution < -0.4 is 4.90 Å². The molecule has 0 bridgehead atoms. The Bertz CT molecular complexity index is 747. The molecule has 0 aliphatic carbocycles. The number of likely N-dealkylation sites (tertiary alicyclic amines) is 1. The fourth-order valence-corrected chi connectivity index (χ4v) is 3.29. The highest BCUT2D eigenvalue weighted by atomic mass is 19.4. The highest BCUT2D eigenvalue weighted by molar-refractivity contribution is 5.85. The summed E-state index contributed by atoms with van der Waals surface area (Å²) in [5.74, 6) is -0.540. The molecule has 0 spiro atoms. The van der Waals surface area contributed by atoms with Crippen LogP contribution in [0.1, 0.15) is 37.3 Å². The lowest BCUT2D eigenvalue weighted by Crippen LogP contribution is -2.51. The SMILES string of the molecule is CCC(C(=O)N1CCCC1)N(CC(F)(F)F)c1ccc(C#N)c(C(F)(F)F)c1. The van der Waals surface area contributed by atoms with E-state index < -0.39 is 47.7 Å². The van der Waals surface area contributed by atoms with Crippen LogP contribution in [0, 0.1) is 11.3 Å². The van der Waals surface area contributed by atoms with Crippen LogP contribution in [0.2, 0.25) is 0 Å². The summed E-state index contributed by atoms with van der Waals surface area (Å²) in [6, 6.07) is 2.48. The smallest absolute Gasteiger partial charge is 0.350 e. The van der Waals surface area contributed by atoms with Crippen LogP contribution in [-0.2, 0) is 11.0 Å². The highest BCUT2D eigenvalue weighted by Crippen LogP contribution is 2.36. The number of benzene rings is 1. The van der Waals surface area contributed by atoms with Crippen molar-refractivity contribution >= 4 is 11.6 Å². The Morgan fingerprint density at radius 1 is 1.21 bits per heavy atom. The van der Waals surface area contributed by atoms with Crippen LogP contribution in [-0.4, -0.2) is 42.7 Å². The zero-order valence-electron chi connectivity index (χ0n) is 15.1. The average Bonchev–Trinajstić information content (AvgIpc) is 3.13. The van der Waals surface area contributed by atoms with Gasteiger partial charge >= 0.3 is 12.4 Å². The minimum Gasteiger partial charge on any atom is -0.350 e. The second kappa shape index (κ2) is 8.29. The first-order valence-electron chi connectivity index (χ1n) is 8.71. The molecule has 4 nitrogen and oxygen atoms in total. The van der Waals surface area contributed by atoms with Crippen LogP contribution >= 0.6 is 0 Å². The number of carbonyl (C=O) groups excluding carboxylic acids is 1. The van der Waals surface area contributed by atoms with Gasteiger partial charge in [0.1, 0.15) is 12.6 Å². The van der Waals surface area contributed by atoms with Gasteiger partial charge in [-0.3, -0.25) is 4.79 Å². The van der Waals surface area contributed by atoms with Crippen molar-refractivity contribution < 1.29 is 31.1 Å². The van der Waals surface area contributed by atoms with Gasteiger partial charge in [-0.15, -0.1) is 0 Å². The molecule has 1 aromatic carbocycles. The molecule has 1 fully saturated rings. The van der Waals surface area contributed by atoms with Gasteiger partial charge in [-0.05, 0) is 37.5 Å². The van der Waals surface area contributed by atoms with E-state index in [1.807, 2.05) is 0 Å². The molecule has 1 unspecified atom stereocenters. The van der Waals surface area contributed by atoms with Gasteiger partial charge in [0.05, 0.1) is 17.2 Å². The Labute approximate surface area is 158 Å². The molecule has 1 atom stereocenters. The number of nitrogens with zero attached hydrogens (tertiary/aromatic N) is 3. The first kappa shape index (κ1) is 21.9. The minimum atomic E-state index is -4.91. The van der Waals surface area contributed by atoms with Crippen LogP contribution in [0.5, 0.6) is 0 Å². The number of carbonyl (C=O) groups is 1. The lowest BCUT2D eigenvalue weighted by atomic mass is 10.0. The number of hydrogen-bond acceptors (Lipinski definition) is 3. The van der Waals surface area contributed by atoms with Crippen LogP contribution in [0.25, 0.3) is 0 Å². The maximum absolute atomic E-state index is 13.2. The molecule has 1 aliphatic rings. The van der Waals surface area contributed by atoms with E-state index in [-0.39, 0.29) is 6.42 Å². The van der Waals surface area contributed by atoms with Crippen molar-refractivity contribution in [3.8, 4) is 6.07 Å². The molecule has 0 saturated carbocycles. The van der Waals surface area contributed by atoms with Crippen LogP contribution in [0.4, 0.5) is 32.0 Å². The summed E-state index contributed by atoms with van der Waals surface area (Å²) in [7, 11) is 0. The second-order valence-electron chi connectivity index (χ2n) is 6.54. The first-order valence-corrected chi connectivity index (χ1v) is 8.71. The fourth-order valence-electron chi connectivity index (χ4n) is 3.29. The number of alkyl halides is 6. The Morgan fingerprint density at radius 2 is 1.82 bits per heavy atom. The van der Waals surface area contributed by atoms with Gasteiger partial charge in [0.2, 0.25) is 5.91 Å². The van der Waals surface area contributed by atoms with E-state index in [2.05, 4.69) is 0 Å². The molecular formula is C18H19F6N3O. The third-order valence-electron chi connectivity index (χ3n) is 4.58. The molecule has 0 N–H and O–H groups in total. The number of rotatable bonds is 5. The van der Waals surface area contributed by atoms with E-state index in [4.69, 9.17) is 5.26 Å². The predicted molar refractivity (Wildman–Crippen MR) is 89.5 cm³/mol. The number of nitriles is 1. The molecule has 1 aliphatic heterocycles. The molecule has 0 aromatic heterocycles. The summed E-state index contributed by atoms with van der Waals surface area (Å²) >= 11 is 0. The van der Waals surface area contributed by atoms with Gasteiger partial charge in [0, 0.05) is 18.8 Å². The molecule has 28 heavy (non-hydrogen) atoms. The van der Waals surface area contributed by atoms with Gasteiger partial charge in [0.15, 0.2) is 0 Å². The molecule has 10 heteroatoms. The normalized spacial score (nSPS) is 16.0. The van der Waals surface area contributed by atoms with Gasteiger partial charge in [-0.2, -0.15) is 31.6 Å². The summed E-state index contributed by atoms with van der Waals surface area (Å²) in [6.07, 6.45) is -8.18. The molecule has 0 radical (unpaired) electrons. The molecule has 2 rings (SSSR count). The van der Waals surface area contributed by atoms with E-state index in [1.54, 1.807) is 0 Å². The van der Waals surface area contributed by atoms with E-state index in [0.717, 1.165) is 25.0 Å². The lowest BCUT2D eigenvalue weighted by molar-refractivity contribution is -0.137. The predicted octanol–water partition coefficient (Wildman–Crippen LogP) is 4.35. The standard InChI is InChI=1S/C18H19F6N3O/c1-2-15(16(28)26-7-3-4-8-26)27(11-17(19,20)21)13-6-5-12(10-25)14(9-13)18(22,23)24/h5-6,9,15H,2-4,7-8,11H2,1H3. The summed E-state index contributed by atoms with van der Waals surface area (Å²) in [6.45, 7) is 0.761. The second-order valence-corrected chi connectivity index (χ2v) is 6.54. The number of hydrogen-bond donors (Lipinski definition) is 0. The van der Waals surface area contributed by atoms with Gasteiger partial charge in [-0.1, -0.05) is 6.92 Å². The molecule has 1 heterocycles. The number of halogens is 6. The monoisotopic (exact) mass is 407 g/mol. The van der Waals surface area contributed by atoms with Gasteiger partial charge in [0.25, 0.3) is 0 Å². The van der Waals surface area contributed by atoms with Crippen molar-refractivity contribution in [1.82, 2.24) is 4.90 Å². The summed E-state index contributed by atoms with van der Waals surface area (Å²) < 4.78 is 79.2. The fraction of sp³-hybridized carbons (Fsp3) is 0.556. The first-order chi connectivity index (χ1) is 13.0. The van der Waals surface area contributed by atoms with E-state index in [9.17, 15) is 31.1 Å². The summed E-state index contributed by atoms with van der Waals surface area (Å²) in [5.41, 5.74) is -2.42. The van der Waals surface area contributed by atoms with Crippen LogP contribution in [0.15, 0.2) is 18.2 Å². The lowest BCUT2D eigenvalue weighted by Gasteiger charge is -2.35.